The third kappa shape index (κ3) is 3.15. The van der Waals surface area contributed by atoms with Crippen molar-refractivity contribution < 1.29 is 23.8 Å². The van der Waals surface area contributed by atoms with Crippen LogP contribution in [0.25, 0.3) is 6.08 Å². The van der Waals surface area contributed by atoms with Crippen molar-refractivity contribution in [3.05, 3.63) is 65.4 Å². The fourth-order valence-corrected chi connectivity index (χ4v) is 2.36. The van der Waals surface area contributed by atoms with E-state index in [1.807, 2.05) is 30.3 Å². The number of esters is 1. The second kappa shape index (κ2) is 6.58. The van der Waals surface area contributed by atoms with Crippen LogP contribution in [0.5, 0.6) is 11.5 Å². The van der Waals surface area contributed by atoms with Crippen molar-refractivity contribution >= 4 is 17.8 Å². The number of benzene rings is 2. The molecule has 0 amide bonds. The van der Waals surface area contributed by atoms with Gasteiger partial charge in [-0.05, 0) is 30.7 Å². The molecule has 0 bridgehead atoms. The lowest BCUT2D eigenvalue weighted by Gasteiger charge is -2.12. The zero-order valence-corrected chi connectivity index (χ0v) is 13.3. The molecule has 0 saturated carbocycles. The van der Waals surface area contributed by atoms with Crippen molar-refractivity contribution in [3.63, 3.8) is 0 Å². The van der Waals surface area contributed by atoms with E-state index in [-0.39, 0.29) is 11.5 Å². The molecule has 0 spiro atoms. The van der Waals surface area contributed by atoms with Crippen LogP contribution in [0.4, 0.5) is 0 Å². The topological polar surface area (TPSA) is 61.8 Å². The number of carbonyl (C=O) groups is 2. The first-order valence-electron chi connectivity index (χ1n) is 7.46. The van der Waals surface area contributed by atoms with Gasteiger partial charge in [0, 0.05) is 6.07 Å². The van der Waals surface area contributed by atoms with E-state index in [2.05, 4.69) is 4.74 Å². The SMILES string of the molecule is COC(=O)[C@H](C)Oc1ccc2c(c1)O/C(=C\c1ccccc1)C2=O. The highest BCUT2D eigenvalue weighted by molar-refractivity contribution is 6.14. The first-order chi connectivity index (χ1) is 11.6. The van der Waals surface area contributed by atoms with Crippen molar-refractivity contribution in [2.45, 2.75) is 13.0 Å². The minimum atomic E-state index is -0.746. The van der Waals surface area contributed by atoms with Gasteiger partial charge in [0.15, 0.2) is 11.9 Å². The van der Waals surface area contributed by atoms with Gasteiger partial charge in [-0.2, -0.15) is 0 Å². The average Bonchev–Trinajstić information content (AvgIpc) is 2.90. The van der Waals surface area contributed by atoms with Crippen LogP contribution in [0.2, 0.25) is 0 Å². The highest BCUT2D eigenvalue weighted by Gasteiger charge is 2.28. The van der Waals surface area contributed by atoms with Crippen molar-refractivity contribution in [1.82, 2.24) is 0 Å². The Morgan fingerprint density at radius 1 is 1.17 bits per heavy atom. The highest BCUT2D eigenvalue weighted by atomic mass is 16.6. The fourth-order valence-electron chi connectivity index (χ4n) is 2.36. The van der Waals surface area contributed by atoms with Crippen LogP contribution in [-0.2, 0) is 9.53 Å². The molecule has 0 unspecified atom stereocenters. The molecule has 2 aromatic rings. The summed E-state index contributed by atoms with van der Waals surface area (Å²) in [5.74, 6) is 0.449. The van der Waals surface area contributed by atoms with E-state index in [4.69, 9.17) is 9.47 Å². The summed E-state index contributed by atoms with van der Waals surface area (Å²) in [4.78, 5) is 23.8. The maximum absolute atomic E-state index is 12.4. The summed E-state index contributed by atoms with van der Waals surface area (Å²) in [5.41, 5.74) is 1.35. The summed E-state index contributed by atoms with van der Waals surface area (Å²) in [6.07, 6.45) is 0.949. The third-order valence-corrected chi connectivity index (χ3v) is 3.58. The van der Waals surface area contributed by atoms with Crippen molar-refractivity contribution in [1.29, 1.82) is 0 Å². The Morgan fingerprint density at radius 3 is 2.62 bits per heavy atom. The first-order valence-corrected chi connectivity index (χ1v) is 7.46. The molecule has 1 aliphatic heterocycles. The molecule has 0 N–H and O–H groups in total. The number of hydrogen-bond donors (Lipinski definition) is 0. The van der Waals surface area contributed by atoms with E-state index in [0.29, 0.717) is 17.1 Å². The summed E-state index contributed by atoms with van der Waals surface area (Å²) < 4.78 is 15.8. The number of ketones is 1. The number of carbonyl (C=O) groups excluding carboxylic acids is 2. The molecule has 0 fully saturated rings. The molecule has 0 aliphatic carbocycles. The number of rotatable bonds is 4. The minimum absolute atomic E-state index is 0.179. The third-order valence-electron chi connectivity index (χ3n) is 3.58. The minimum Gasteiger partial charge on any atom is -0.479 e. The summed E-state index contributed by atoms with van der Waals surface area (Å²) in [7, 11) is 1.30. The highest BCUT2D eigenvalue weighted by Crippen LogP contribution is 2.35. The van der Waals surface area contributed by atoms with Gasteiger partial charge >= 0.3 is 5.97 Å². The van der Waals surface area contributed by atoms with Crippen LogP contribution in [-0.4, -0.2) is 25.0 Å². The molecule has 24 heavy (non-hydrogen) atoms. The quantitative estimate of drug-likeness (QED) is 0.638. The molecular formula is C19H16O5. The monoisotopic (exact) mass is 324 g/mol. The second-order valence-electron chi connectivity index (χ2n) is 5.29. The van der Waals surface area contributed by atoms with Crippen molar-refractivity contribution in [2.24, 2.45) is 0 Å². The van der Waals surface area contributed by atoms with E-state index in [1.165, 1.54) is 7.11 Å². The van der Waals surface area contributed by atoms with Gasteiger partial charge in [-0.1, -0.05) is 30.3 Å². The zero-order valence-electron chi connectivity index (χ0n) is 13.3. The number of fused-ring (bicyclic) bond motifs is 1. The summed E-state index contributed by atoms with van der Waals surface area (Å²) in [5, 5.41) is 0. The maximum atomic E-state index is 12.4. The van der Waals surface area contributed by atoms with Gasteiger partial charge in [0.2, 0.25) is 5.78 Å². The average molecular weight is 324 g/mol. The van der Waals surface area contributed by atoms with Crippen LogP contribution >= 0.6 is 0 Å². The van der Waals surface area contributed by atoms with E-state index < -0.39 is 12.1 Å². The smallest absolute Gasteiger partial charge is 0.346 e. The van der Waals surface area contributed by atoms with Crippen molar-refractivity contribution in [2.75, 3.05) is 7.11 Å². The van der Waals surface area contributed by atoms with Crippen LogP contribution in [0.3, 0.4) is 0 Å². The van der Waals surface area contributed by atoms with E-state index >= 15 is 0 Å². The van der Waals surface area contributed by atoms with Crippen molar-refractivity contribution in [3.8, 4) is 11.5 Å². The molecule has 122 valence electrons. The molecule has 1 atom stereocenters. The fraction of sp³-hybridized carbons (Fsp3) is 0.158. The largest absolute Gasteiger partial charge is 0.479 e. The Labute approximate surface area is 139 Å². The van der Waals surface area contributed by atoms with Crippen LogP contribution < -0.4 is 9.47 Å². The van der Waals surface area contributed by atoms with Gasteiger partial charge < -0.3 is 14.2 Å². The van der Waals surface area contributed by atoms with Crippen LogP contribution in [0.15, 0.2) is 54.3 Å². The Bertz CT molecular complexity index is 808. The van der Waals surface area contributed by atoms with Crippen LogP contribution in [0.1, 0.15) is 22.8 Å². The molecule has 5 nitrogen and oxygen atoms in total. The maximum Gasteiger partial charge on any atom is 0.346 e. The predicted octanol–water partition coefficient (Wildman–Crippen LogP) is 3.24. The molecule has 1 aliphatic rings. The lowest BCUT2D eigenvalue weighted by molar-refractivity contribution is -0.147. The lowest BCUT2D eigenvalue weighted by atomic mass is 10.1. The Hall–Kier alpha value is -3.08. The van der Waals surface area contributed by atoms with Gasteiger partial charge in [-0.3, -0.25) is 4.79 Å². The van der Waals surface area contributed by atoms with Crippen LogP contribution in [0, 0.1) is 0 Å². The number of ether oxygens (including phenoxy) is 3. The van der Waals surface area contributed by atoms with E-state index in [1.54, 1.807) is 31.2 Å². The Morgan fingerprint density at radius 2 is 1.92 bits per heavy atom. The number of Topliss-reactive ketones (excluding diaryl/α,β-unsaturated/α-hetero) is 1. The predicted molar refractivity (Wildman–Crippen MR) is 87.9 cm³/mol. The van der Waals surface area contributed by atoms with Gasteiger partial charge in [0.25, 0.3) is 0 Å². The molecule has 3 rings (SSSR count). The van der Waals surface area contributed by atoms with E-state index in [9.17, 15) is 9.59 Å². The molecular weight excluding hydrogens is 308 g/mol. The number of methoxy groups -OCH3 is 1. The Balaban J connectivity index is 1.82. The number of hydrogen-bond acceptors (Lipinski definition) is 5. The lowest BCUT2D eigenvalue weighted by Crippen LogP contribution is -2.24. The molecule has 5 heteroatoms. The van der Waals surface area contributed by atoms with Gasteiger partial charge in [-0.15, -0.1) is 0 Å². The standard InChI is InChI=1S/C19H16O5/c1-12(19(21)22-2)23-14-8-9-15-16(11-14)24-17(18(15)20)10-13-6-4-3-5-7-13/h3-12H,1-2H3/b17-10-/t12-/m0/s1. The van der Waals surface area contributed by atoms with Gasteiger partial charge in [0.1, 0.15) is 11.5 Å². The van der Waals surface area contributed by atoms with Gasteiger partial charge in [0.05, 0.1) is 12.7 Å². The molecule has 0 radical (unpaired) electrons. The summed E-state index contributed by atoms with van der Waals surface area (Å²) in [6.45, 7) is 1.59. The van der Waals surface area contributed by atoms with Gasteiger partial charge in [-0.25, -0.2) is 4.79 Å². The summed E-state index contributed by atoms with van der Waals surface area (Å²) >= 11 is 0. The molecule has 2 aromatic carbocycles. The normalized spacial score (nSPS) is 15.6. The second-order valence-corrected chi connectivity index (χ2v) is 5.29. The molecule has 1 heterocycles. The first kappa shape index (κ1) is 15.8. The Kier molecular flexibility index (Phi) is 4.33. The molecule has 0 aromatic heterocycles. The van der Waals surface area contributed by atoms with E-state index in [0.717, 1.165) is 5.56 Å². The molecule has 0 saturated heterocycles. The summed E-state index contributed by atoms with van der Waals surface area (Å²) in [6, 6.07) is 14.3. The number of allylic oxidation sites excluding steroid dienone is 1. The zero-order chi connectivity index (χ0) is 17.1.